The molecule has 0 aromatic heterocycles. The van der Waals surface area contributed by atoms with Gasteiger partial charge in [-0.2, -0.15) is 0 Å². The summed E-state index contributed by atoms with van der Waals surface area (Å²) in [7, 11) is 0. The van der Waals surface area contributed by atoms with Crippen LogP contribution in [0, 0.1) is 10.4 Å². The first-order valence-electron chi connectivity index (χ1n) is 2.76. The molecule has 0 atom stereocenters. The fraction of sp³-hybridized carbons (Fsp3) is 0.750. The number of hydrogen-bond donors (Lipinski definition) is 2. The Labute approximate surface area is 160 Å². The summed E-state index contributed by atoms with van der Waals surface area (Å²) in [6.07, 6.45) is 0. The number of nitrogens with zero attached hydrogens (tertiary/aromatic N) is 2. The molecule has 7 nitrogen and oxygen atoms in total. The van der Waals surface area contributed by atoms with Crippen molar-refractivity contribution in [3.63, 3.8) is 0 Å². The third-order valence-corrected chi connectivity index (χ3v) is 1.19. The van der Waals surface area contributed by atoms with Gasteiger partial charge in [-0.1, -0.05) is 0 Å². The minimum atomic E-state index is -1.64. The molecule has 0 rings (SSSR count). The van der Waals surface area contributed by atoms with Crippen molar-refractivity contribution in [3.8, 4) is 0 Å². The SMILES string of the molecule is CC(=O)C(C)(/N=[NH+]/[O-])/N=[NH+]/[O-].[K+].[K+]. The third-order valence-electron chi connectivity index (χ3n) is 1.19. The summed E-state index contributed by atoms with van der Waals surface area (Å²) >= 11 is 0. The molecule has 13 heavy (non-hydrogen) atoms. The van der Waals surface area contributed by atoms with Crippen LogP contribution in [0.1, 0.15) is 13.8 Å². The Bertz CT molecular complexity index is 196. The molecule has 0 amide bonds. The molecule has 2 N–H and O–H groups in total. The molecule has 0 aromatic rings. The van der Waals surface area contributed by atoms with Gasteiger partial charge in [0.15, 0.2) is 5.78 Å². The van der Waals surface area contributed by atoms with Crippen LogP contribution in [0.15, 0.2) is 10.2 Å². The minimum absolute atomic E-state index is 0. The van der Waals surface area contributed by atoms with Crippen LogP contribution in [0.5, 0.6) is 0 Å². The maximum Gasteiger partial charge on any atom is 1.00 e. The van der Waals surface area contributed by atoms with Crippen molar-refractivity contribution in [2.24, 2.45) is 10.2 Å². The predicted octanol–water partition coefficient (Wildman–Crippen LogP) is -8.64. The van der Waals surface area contributed by atoms with Crippen molar-refractivity contribution < 1.29 is 118 Å². The molecule has 0 bridgehead atoms. The Balaban J connectivity index is -0.000000500. The van der Waals surface area contributed by atoms with Crippen molar-refractivity contribution in [2.45, 2.75) is 19.5 Å². The van der Waals surface area contributed by atoms with E-state index in [9.17, 15) is 15.2 Å². The van der Waals surface area contributed by atoms with Gasteiger partial charge in [-0.05, 0) is 6.92 Å². The molecule has 9 heteroatoms. The Kier molecular flexibility index (Phi) is 15.9. The fourth-order valence-electron chi connectivity index (χ4n) is 0.360. The van der Waals surface area contributed by atoms with E-state index in [-0.39, 0.29) is 103 Å². The Morgan fingerprint density at radius 2 is 1.54 bits per heavy atom. The maximum atomic E-state index is 10.7. The zero-order valence-corrected chi connectivity index (χ0v) is 14.4. The molecule has 0 saturated heterocycles. The smallest absolute Gasteiger partial charge is 0.602 e. The van der Waals surface area contributed by atoms with E-state index >= 15 is 0 Å². The van der Waals surface area contributed by atoms with Crippen LogP contribution in [0.4, 0.5) is 0 Å². The van der Waals surface area contributed by atoms with Gasteiger partial charge in [-0.15, -0.1) is 10.6 Å². The molecule has 0 unspecified atom stereocenters. The predicted molar refractivity (Wildman–Crippen MR) is 32.6 cm³/mol. The number of nitrogens with one attached hydrogen (secondary N) is 2. The zero-order chi connectivity index (χ0) is 8.91. The monoisotopic (exact) mass is 238 g/mol. The van der Waals surface area contributed by atoms with Crippen molar-refractivity contribution in [1.82, 2.24) is 0 Å². The summed E-state index contributed by atoms with van der Waals surface area (Å²) in [4.78, 5) is 10.7. The molecular weight excluding hydrogens is 230 g/mol. The van der Waals surface area contributed by atoms with Crippen LogP contribution in [0.2, 0.25) is 0 Å². The second kappa shape index (κ2) is 10.3. The summed E-state index contributed by atoms with van der Waals surface area (Å²) in [6, 6.07) is 0. The van der Waals surface area contributed by atoms with Crippen LogP contribution in [0.25, 0.3) is 0 Å². The van der Waals surface area contributed by atoms with Gasteiger partial charge >= 0.3 is 108 Å². The molecule has 0 spiro atoms. The standard InChI is InChI=1S/C4H8N4O3.2K/c1-3(9)4(2,5-7-10)6-8-11;;/h7-8H,1-2H3;;/q;2*+1. The largest absolute Gasteiger partial charge is 1.00 e. The van der Waals surface area contributed by atoms with Crippen molar-refractivity contribution in [2.75, 3.05) is 0 Å². The van der Waals surface area contributed by atoms with E-state index < -0.39 is 11.4 Å². The minimum Gasteiger partial charge on any atom is -0.602 e. The van der Waals surface area contributed by atoms with Crippen LogP contribution < -0.4 is 113 Å². The molecule has 0 radical (unpaired) electrons. The van der Waals surface area contributed by atoms with E-state index in [0.717, 1.165) is 10.6 Å². The average molecular weight is 238 g/mol. The van der Waals surface area contributed by atoms with Gasteiger partial charge in [0.2, 0.25) is 0 Å². The summed E-state index contributed by atoms with van der Waals surface area (Å²) < 4.78 is 0. The first-order valence-corrected chi connectivity index (χ1v) is 2.76. The van der Waals surface area contributed by atoms with Gasteiger partial charge < -0.3 is 10.4 Å². The maximum absolute atomic E-state index is 10.7. The number of carbonyl (C=O) groups excluding carboxylic acids is 1. The van der Waals surface area contributed by atoms with Gasteiger partial charge in [0, 0.05) is 17.2 Å². The van der Waals surface area contributed by atoms with Gasteiger partial charge in [-0.3, -0.25) is 4.79 Å². The normalized spacial score (nSPS) is 10.9. The number of carbonyl (C=O) groups is 1. The molecular formula is C4H8K2N4O3+2. The van der Waals surface area contributed by atoms with Gasteiger partial charge in [-0.25, -0.2) is 0 Å². The van der Waals surface area contributed by atoms with Crippen molar-refractivity contribution >= 4 is 5.78 Å². The zero-order valence-electron chi connectivity index (χ0n) is 8.12. The van der Waals surface area contributed by atoms with Crippen LogP contribution in [0.3, 0.4) is 0 Å². The third kappa shape index (κ3) is 7.65. The molecule has 0 aliphatic rings. The Hall–Kier alpha value is 1.74. The molecule has 0 saturated carbocycles. The van der Waals surface area contributed by atoms with Crippen molar-refractivity contribution in [1.29, 1.82) is 0 Å². The average Bonchev–Trinajstić information content (AvgIpc) is 1.88. The summed E-state index contributed by atoms with van der Waals surface area (Å²) in [6.45, 7) is 2.40. The van der Waals surface area contributed by atoms with Gasteiger partial charge in [0.05, 0.1) is 0 Å². The topological polar surface area (TPSA) is 116 Å². The molecule has 62 valence electrons. The first-order chi connectivity index (χ1) is 5.06. The fourth-order valence-corrected chi connectivity index (χ4v) is 0.360. The van der Waals surface area contributed by atoms with Crippen LogP contribution in [-0.4, -0.2) is 11.4 Å². The second-order valence-electron chi connectivity index (χ2n) is 1.98. The number of rotatable bonds is 3. The number of hydrogen-bond acceptors (Lipinski definition) is 5. The molecule has 0 aliphatic heterocycles. The van der Waals surface area contributed by atoms with Crippen LogP contribution in [-0.2, 0) is 4.79 Å². The van der Waals surface area contributed by atoms with Crippen molar-refractivity contribution in [3.05, 3.63) is 10.4 Å². The Morgan fingerprint density at radius 3 is 1.69 bits per heavy atom. The van der Waals surface area contributed by atoms with E-state index in [1.54, 1.807) is 0 Å². The number of Topliss-reactive ketones (excluding diaryl/α,β-unsaturated/α-hetero) is 1. The summed E-state index contributed by atoms with van der Waals surface area (Å²) in [5.74, 6) is -0.510. The second-order valence-corrected chi connectivity index (χ2v) is 1.98. The number of ketones is 1. The molecule has 0 aromatic carbocycles. The first kappa shape index (κ1) is 20.2. The van der Waals surface area contributed by atoms with E-state index in [4.69, 9.17) is 0 Å². The van der Waals surface area contributed by atoms with Crippen LogP contribution >= 0.6 is 0 Å². The van der Waals surface area contributed by atoms with E-state index in [0.29, 0.717) is 0 Å². The van der Waals surface area contributed by atoms with Gasteiger partial charge in [0.25, 0.3) is 0 Å². The van der Waals surface area contributed by atoms with E-state index in [1.165, 1.54) is 13.8 Å². The molecule has 0 heterocycles. The molecule has 0 fully saturated rings. The van der Waals surface area contributed by atoms with Gasteiger partial charge in [0.1, 0.15) is 0 Å². The summed E-state index contributed by atoms with van der Waals surface area (Å²) in [5.41, 5.74) is -1.64. The quantitative estimate of drug-likeness (QED) is 0.289. The van der Waals surface area contributed by atoms with E-state index in [2.05, 4.69) is 10.2 Å². The summed E-state index contributed by atoms with van der Waals surface area (Å²) in [5, 5.41) is 28.0. The van der Waals surface area contributed by atoms with E-state index in [1.807, 2.05) is 0 Å². The Morgan fingerprint density at radius 1 is 1.23 bits per heavy atom. The molecule has 0 aliphatic carbocycles.